The summed E-state index contributed by atoms with van der Waals surface area (Å²) in [6.07, 6.45) is 5.74. The van der Waals surface area contributed by atoms with E-state index in [0.29, 0.717) is 6.42 Å². The van der Waals surface area contributed by atoms with Crippen LogP contribution in [0.25, 0.3) is 0 Å². The molecular formula is C11H16N4O2S. The minimum absolute atomic E-state index is 0.0461. The lowest BCUT2D eigenvalue weighted by atomic mass is 10.0. The van der Waals surface area contributed by atoms with Gasteiger partial charge in [-0.2, -0.15) is 17.0 Å². The van der Waals surface area contributed by atoms with E-state index in [0.717, 1.165) is 24.1 Å². The summed E-state index contributed by atoms with van der Waals surface area (Å²) in [7, 11) is -0.217. The summed E-state index contributed by atoms with van der Waals surface area (Å²) in [6, 6.07) is -0.0443. The third-order valence-corrected chi connectivity index (χ3v) is 5.79. The minimum Gasteiger partial charge on any atom is -0.244 e. The van der Waals surface area contributed by atoms with Crippen LogP contribution >= 0.6 is 0 Å². The Morgan fingerprint density at radius 3 is 2.89 bits per heavy atom. The van der Waals surface area contributed by atoms with Crippen LogP contribution < -0.4 is 0 Å². The second kappa shape index (κ2) is 3.97. The molecule has 0 radical (unpaired) electrons. The van der Waals surface area contributed by atoms with Gasteiger partial charge in [0, 0.05) is 38.3 Å². The van der Waals surface area contributed by atoms with Crippen molar-refractivity contribution in [2.45, 2.75) is 31.3 Å². The van der Waals surface area contributed by atoms with Crippen molar-refractivity contribution in [3.05, 3.63) is 23.8 Å². The third kappa shape index (κ3) is 1.58. The maximum absolute atomic E-state index is 12.4. The number of aromatic nitrogens is 2. The van der Waals surface area contributed by atoms with Gasteiger partial charge in [0.2, 0.25) is 0 Å². The van der Waals surface area contributed by atoms with Crippen molar-refractivity contribution in [3.8, 4) is 0 Å². The molecule has 0 saturated carbocycles. The van der Waals surface area contributed by atoms with Gasteiger partial charge in [0.25, 0.3) is 10.2 Å². The van der Waals surface area contributed by atoms with E-state index in [-0.39, 0.29) is 12.1 Å². The van der Waals surface area contributed by atoms with Crippen LogP contribution in [0.1, 0.15) is 30.1 Å². The molecule has 0 amide bonds. The average Bonchev–Trinajstić information content (AvgIpc) is 2.66. The molecule has 18 heavy (non-hydrogen) atoms. The molecule has 1 fully saturated rings. The molecule has 0 aliphatic carbocycles. The molecule has 2 atom stereocenters. The predicted molar refractivity (Wildman–Crippen MR) is 65.9 cm³/mol. The monoisotopic (exact) mass is 268 g/mol. The van der Waals surface area contributed by atoms with Crippen molar-refractivity contribution in [2.24, 2.45) is 0 Å². The molecule has 0 aromatic carbocycles. The first-order valence-electron chi connectivity index (χ1n) is 6.01. The highest BCUT2D eigenvalue weighted by molar-refractivity contribution is 7.86. The molecule has 1 aromatic rings. The Kier molecular flexibility index (Phi) is 2.65. The first kappa shape index (κ1) is 12.0. The molecule has 2 bridgehead atoms. The molecule has 1 saturated heterocycles. The van der Waals surface area contributed by atoms with Crippen LogP contribution in [-0.4, -0.2) is 47.1 Å². The summed E-state index contributed by atoms with van der Waals surface area (Å²) in [5, 5.41) is 0. The van der Waals surface area contributed by atoms with E-state index in [2.05, 4.69) is 9.97 Å². The third-order valence-electron chi connectivity index (χ3n) is 3.78. The van der Waals surface area contributed by atoms with Crippen LogP contribution in [0, 0.1) is 0 Å². The largest absolute Gasteiger partial charge is 0.282 e. The fourth-order valence-corrected chi connectivity index (χ4v) is 4.39. The number of nitrogens with zero attached hydrogens (tertiary/aromatic N) is 4. The van der Waals surface area contributed by atoms with E-state index in [1.807, 2.05) is 0 Å². The Balaban J connectivity index is 2.08. The van der Waals surface area contributed by atoms with Gasteiger partial charge in [-0.25, -0.2) is 9.97 Å². The molecule has 7 heteroatoms. The highest BCUT2D eigenvalue weighted by atomic mass is 32.2. The summed E-state index contributed by atoms with van der Waals surface area (Å²) in [4.78, 5) is 8.31. The van der Waals surface area contributed by atoms with Gasteiger partial charge < -0.3 is 0 Å². The second-order valence-electron chi connectivity index (χ2n) is 5.00. The molecule has 2 aliphatic rings. The van der Waals surface area contributed by atoms with E-state index < -0.39 is 10.2 Å². The van der Waals surface area contributed by atoms with Gasteiger partial charge in [0.05, 0.1) is 11.7 Å². The maximum atomic E-state index is 12.4. The fourth-order valence-electron chi connectivity index (χ4n) is 2.92. The molecule has 1 aromatic heterocycles. The SMILES string of the molecule is CN(C)S(=O)(=O)N1C2CCC1c1cncnc1C2. The summed E-state index contributed by atoms with van der Waals surface area (Å²) in [5.74, 6) is 0. The predicted octanol–water partition coefficient (Wildman–Crippen LogP) is 0.345. The van der Waals surface area contributed by atoms with Crippen molar-refractivity contribution in [1.82, 2.24) is 18.6 Å². The molecule has 6 nitrogen and oxygen atoms in total. The molecule has 3 heterocycles. The first-order valence-corrected chi connectivity index (χ1v) is 7.41. The van der Waals surface area contributed by atoms with Gasteiger partial charge >= 0.3 is 0 Å². The maximum Gasteiger partial charge on any atom is 0.282 e. The molecule has 0 N–H and O–H groups in total. The van der Waals surface area contributed by atoms with Gasteiger partial charge in [-0.15, -0.1) is 0 Å². The molecule has 2 unspecified atom stereocenters. The second-order valence-corrected chi connectivity index (χ2v) is 7.04. The summed E-state index contributed by atoms with van der Waals surface area (Å²) in [5.41, 5.74) is 1.97. The first-order chi connectivity index (χ1) is 8.51. The zero-order valence-corrected chi connectivity index (χ0v) is 11.3. The van der Waals surface area contributed by atoms with Gasteiger partial charge in [-0.1, -0.05) is 0 Å². The molecule has 98 valence electrons. The van der Waals surface area contributed by atoms with E-state index in [1.165, 1.54) is 10.6 Å². The summed E-state index contributed by atoms with van der Waals surface area (Å²) < 4.78 is 27.7. The van der Waals surface area contributed by atoms with Crippen LogP contribution in [0.4, 0.5) is 0 Å². The summed E-state index contributed by atoms with van der Waals surface area (Å²) in [6.45, 7) is 0. The lowest BCUT2D eigenvalue weighted by molar-refractivity contribution is 0.281. The average molecular weight is 268 g/mol. The van der Waals surface area contributed by atoms with Crippen molar-refractivity contribution in [3.63, 3.8) is 0 Å². The van der Waals surface area contributed by atoms with Gasteiger partial charge in [0.1, 0.15) is 6.33 Å². The zero-order valence-electron chi connectivity index (χ0n) is 10.4. The summed E-state index contributed by atoms with van der Waals surface area (Å²) >= 11 is 0. The Morgan fingerprint density at radius 1 is 1.39 bits per heavy atom. The Morgan fingerprint density at radius 2 is 2.17 bits per heavy atom. The molecule has 3 rings (SSSR count). The van der Waals surface area contributed by atoms with Crippen LogP contribution in [-0.2, 0) is 16.6 Å². The van der Waals surface area contributed by atoms with Crippen LogP contribution in [0.15, 0.2) is 12.5 Å². The van der Waals surface area contributed by atoms with Crippen molar-refractivity contribution in [1.29, 1.82) is 0 Å². The zero-order chi connectivity index (χ0) is 12.9. The van der Waals surface area contributed by atoms with Crippen LogP contribution in [0.2, 0.25) is 0 Å². The normalized spacial score (nSPS) is 27.5. The Hall–Kier alpha value is -1.05. The smallest absolute Gasteiger partial charge is 0.244 e. The van der Waals surface area contributed by atoms with Gasteiger partial charge in [-0.05, 0) is 12.8 Å². The van der Waals surface area contributed by atoms with Crippen molar-refractivity contribution in [2.75, 3.05) is 14.1 Å². The Bertz CT molecular complexity index is 572. The highest BCUT2D eigenvalue weighted by Gasteiger charge is 2.47. The lowest BCUT2D eigenvalue weighted by Crippen LogP contribution is -2.47. The van der Waals surface area contributed by atoms with Crippen LogP contribution in [0.5, 0.6) is 0 Å². The molecule has 2 aliphatic heterocycles. The topological polar surface area (TPSA) is 66.4 Å². The fraction of sp³-hybridized carbons (Fsp3) is 0.636. The Labute approximate surface area is 107 Å². The minimum atomic E-state index is -3.37. The lowest BCUT2D eigenvalue weighted by Gasteiger charge is -2.35. The van der Waals surface area contributed by atoms with Crippen molar-refractivity contribution >= 4 is 10.2 Å². The number of hydrogen-bond acceptors (Lipinski definition) is 4. The molecule has 0 spiro atoms. The van der Waals surface area contributed by atoms with Crippen LogP contribution in [0.3, 0.4) is 0 Å². The van der Waals surface area contributed by atoms with Gasteiger partial charge in [-0.3, -0.25) is 0 Å². The van der Waals surface area contributed by atoms with E-state index >= 15 is 0 Å². The van der Waals surface area contributed by atoms with E-state index in [1.54, 1.807) is 24.6 Å². The number of hydrogen-bond donors (Lipinski definition) is 0. The van der Waals surface area contributed by atoms with Crippen molar-refractivity contribution < 1.29 is 8.42 Å². The standard InChI is InChI=1S/C11H16N4O2S/c1-14(2)18(16,17)15-8-3-4-11(15)9-6-12-7-13-10(9)5-8/h6-8,11H,3-5H2,1-2H3. The van der Waals surface area contributed by atoms with E-state index in [4.69, 9.17) is 0 Å². The molecular weight excluding hydrogens is 252 g/mol. The van der Waals surface area contributed by atoms with E-state index in [9.17, 15) is 8.42 Å². The van der Waals surface area contributed by atoms with Gasteiger partial charge in [0.15, 0.2) is 0 Å². The number of fused-ring (bicyclic) bond motifs is 4. The highest BCUT2D eigenvalue weighted by Crippen LogP contribution is 2.44. The number of rotatable bonds is 2. The quantitative estimate of drug-likeness (QED) is 0.776.